The standard InChI is InChI=1S/C12H12FNO2/c1-7-3-10(13)5-9-4-8(2)14(12(7)9)6-11(15)16/h3-5H,6H2,1-2H3,(H,15,16). The zero-order valence-electron chi connectivity index (χ0n) is 9.12. The Morgan fingerprint density at radius 2 is 2.06 bits per heavy atom. The molecule has 0 bridgehead atoms. The van der Waals surface area contributed by atoms with E-state index in [0.29, 0.717) is 0 Å². The summed E-state index contributed by atoms with van der Waals surface area (Å²) in [6.45, 7) is 3.51. The molecule has 3 nitrogen and oxygen atoms in total. The molecule has 1 N–H and O–H groups in total. The minimum absolute atomic E-state index is 0.0954. The van der Waals surface area contributed by atoms with Crippen molar-refractivity contribution < 1.29 is 14.3 Å². The maximum Gasteiger partial charge on any atom is 0.323 e. The van der Waals surface area contributed by atoms with Gasteiger partial charge in [0.25, 0.3) is 0 Å². The Hall–Kier alpha value is -1.84. The third-order valence-corrected chi connectivity index (χ3v) is 2.65. The molecule has 0 saturated heterocycles. The zero-order chi connectivity index (χ0) is 11.9. The first-order valence-electron chi connectivity index (χ1n) is 4.97. The number of rotatable bonds is 2. The number of carbonyl (C=O) groups is 1. The van der Waals surface area contributed by atoms with E-state index in [9.17, 15) is 9.18 Å². The summed E-state index contributed by atoms with van der Waals surface area (Å²) in [4.78, 5) is 10.7. The maximum absolute atomic E-state index is 13.2. The molecule has 0 fully saturated rings. The summed E-state index contributed by atoms with van der Waals surface area (Å²) >= 11 is 0. The monoisotopic (exact) mass is 221 g/mol. The van der Waals surface area contributed by atoms with Gasteiger partial charge in [-0.25, -0.2) is 4.39 Å². The molecule has 0 aliphatic carbocycles. The molecule has 2 aromatic rings. The van der Waals surface area contributed by atoms with Gasteiger partial charge in [-0.2, -0.15) is 0 Å². The molecule has 1 aromatic heterocycles. The maximum atomic E-state index is 13.2. The highest BCUT2D eigenvalue weighted by Gasteiger charge is 2.11. The summed E-state index contributed by atoms with van der Waals surface area (Å²) in [5.74, 6) is -1.19. The first-order chi connectivity index (χ1) is 7.49. The predicted octanol–water partition coefficient (Wildman–Crippen LogP) is 2.48. The van der Waals surface area contributed by atoms with Crippen LogP contribution in [0.5, 0.6) is 0 Å². The molecule has 2 rings (SSSR count). The lowest BCUT2D eigenvalue weighted by Gasteiger charge is -2.06. The number of aryl methyl sites for hydroxylation is 2. The normalized spacial score (nSPS) is 10.9. The van der Waals surface area contributed by atoms with Gasteiger partial charge in [-0.05, 0) is 37.6 Å². The number of carboxylic acid groups (broad SMARTS) is 1. The van der Waals surface area contributed by atoms with Crippen molar-refractivity contribution in [2.75, 3.05) is 0 Å². The number of nitrogens with zero attached hydrogens (tertiary/aromatic N) is 1. The largest absolute Gasteiger partial charge is 0.480 e. The van der Waals surface area contributed by atoms with E-state index in [1.165, 1.54) is 12.1 Å². The van der Waals surface area contributed by atoms with E-state index in [2.05, 4.69) is 0 Å². The zero-order valence-corrected chi connectivity index (χ0v) is 9.12. The van der Waals surface area contributed by atoms with Crippen molar-refractivity contribution >= 4 is 16.9 Å². The average molecular weight is 221 g/mol. The van der Waals surface area contributed by atoms with Crippen molar-refractivity contribution in [1.29, 1.82) is 0 Å². The van der Waals surface area contributed by atoms with Crippen LogP contribution >= 0.6 is 0 Å². The number of hydrogen-bond acceptors (Lipinski definition) is 1. The predicted molar refractivity (Wildman–Crippen MR) is 59.0 cm³/mol. The van der Waals surface area contributed by atoms with Crippen LogP contribution in [-0.2, 0) is 11.3 Å². The van der Waals surface area contributed by atoms with Crippen LogP contribution in [0.25, 0.3) is 10.9 Å². The summed E-state index contributed by atoms with van der Waals surface area (Å²) in [6.07, 6.45) is 0. The van der Waals surface area contributed by atoms with Gasteiger partial charge in [-0.1, -0.05) is 0 Å². The van der Waals surface area contributed by atoms with E-state index in [1.54, 1.807) is 17.6 Å². The number of carboxylic acids is 1. The van der Waals surface area contributed by atoms with Gasteiger partial charge in [-0.15, -0.1) is 0 Å². The molecule has 84 valence electrons. The van der Waals surface area contributed by atoms with E-state index < -0.39 is 5.97 Å². The van der Waals surface area contributed by atoms with Crippen molar-refractivity contribution in [3.8, 4) is 0 Å². The second kappa shape index (κ2) is 3.63. The molecule has 16 heavy (non-hydrogen) atoms. The summed E-state index contributed by atoms with van der Waals surface area (Å²) < 4.78 is 14.9. The smallest absolute Gasteiger partial charge is 0.323 e. The fourth-order valence-corrected chi connectivity index (χ4v) is 2.06. The highest BCUT2D eigenvalue weighted by atomic mass is 19.1. The number of fused-ring (bicyclic) bond motifs is 1. The number of benzene rings is 1. The Kier molecular flexibility index (Phi) is 2.42. The summed E-state index contributed by atoms with van der Waals surface area (Å²) in [7, 11) is 0. The fourth-order valence-electron chi connectivity index (χ4n) is 2.06. The minimum Gasteiger partial charge on any atom is -0.480 e. The Morgan fingerprint density at radius 1 is 1.38 bits per heavy atom. The van der Waals surface area contributed by atoms with Crippen LogP contribution in [0.15, 0.2) is 18.2 Å². The topological polar surface area (TPSA) is 42.2 Å². The van der Waals surface area contributed by atoms with Crippen molar-refractivity contribution in [3.63, 3.8) is 0 Å². The van der Waals surface area contributed by atoms with Gasteiger partial charge in [0.15, 0.2) is 0 Å². The molecule has 1 aromatic carbocycles. The molecule has 0 amide bonds. The van der Waals surface area contributed by atoms with Crippen LogP contribution < -0.4 is 0 Å². The number of hydrogen-bond donors (Lipinski definition) is 1. The van der Waals surface area contributed by atoms with Crippen LogP contribution in [0.3, 0.4) is 0 Å². The van der Waals surface area contributed by atoms with E-state index in [4.69, 9.17) is 5.11 Å². The first-order valence-corrected chi connectivity index (χ1v) is 4.97. The van der Waals surface area contributed by atoms with Crippen molar-refractivity contribution in [2.24, 2.45) is 0 Å². The summed E-state index contributed by atoms with van der Waals surface area (Å²) in [5, 5.41) is 9.57. The van der Waals surface area contributed by atoms with E-state index in [-0.39, 0.29) is 12.4 Å². The number of halogens is 1. The van der Waals surface area contributed by atoms with Crippen molar-refractivity contribution in [3.05, 3.63) is 35.3 Å². The third kappa shape index (κ3) is 1.66. The molecule has 0 atom stereocenters. The van der Waals surface area contributed by atoms with Crippen LogP contribution in [0, 0.1) is 19.7 Å². The highest BCUT2D eigenvalue weighted by molar-refractivity contribution is 5.85. The first kappa shape index (κ1) is 10.7. The summed E-state index contributed by atoms with van der Waals surface area (Å²) in [6, 6.07) is 4.64. The molecule has 0 saturated carbocycles. The lowest BCUT2D eigenvalue weighted by Crippen LogP contribution is -2.10. The van der Waals surface area contributed by atoms with Gasteiger partial charge in [-0.3, -0.25) is 4.79 Å². The third-order valence-electron chi connectivity index (χ3n) is 2.65. The van der Waals surface area contributed by atoms with E-state index >= 15 is 0 Å². The van der Waals surface area contributed by atoms with Crippen molar-refractivity contribution in [2.45, 2.75) is 20.4 Å². The van der Waals surface area contributed by atoms with Crippen LogP contribution in [0.2, 0.25) is 0 Å². The number of aromatic nitrogens is 1. The Bertz CT molecular complexity index is 572. The quantitative estimate of drug-likeness (QED) is 0.846. The van der Waals surface area contributed by atoms with Gasteiger partial charge >= 0.3 is 5.97 Å². The second-order valence-electron chi connectivity index (χ2n) is 3.93. The Labute approximate surface area is 92.1 Å². The van der Waals surface area contributed by atoms with Gasteiger partial charge < -0.3 is 9.67 Å². The molecule has 0 aliphatic heterocycles. The molecular formula is C12H12FNO2. The number of aliphatic carboxylic acids is 1. The molecule has 1 heterocycles. The van der Waals surface area contributed by atoms with Crippen molar-refractivity contribution in [1.82, 2.24) is 4.57 Å². The van der Waals surface area contributed by atoms with E-state index in [0.717, 1.165) is 22.2 Å². The van der Waals surface area contributed by atoms with E-state index in [1.807, 2.05) is 6.92 Å². The molecule has 4 heteroatoms. The van der Waals surface area contributed by atoms with Gasteiger partial charge in [0.2, 0.25) is 0 Å². The molecule has 0 radical (unpaired) electrons. The van der Waals surface area contributed by atoms with Crippen LogP contribution in [0.1, 0.15) is 11.3 Å². The highest BCUT2D eigenvalue weighted by Crippen LogP contribution is 2.24. The van der Waals surface area contributed by atoms with Crippen LogP contribution in [0.4, 0.5) is 4.39 Å². The fraction of sp³-hybridized carbons (Fsp3) is 0.250. The summed E-state index contributed by atoms with van der Waals surface area (Å²) in [5.41, 5.74) is 2.37. The molecule has 0 spiro atoms. The SMILES string of the molecule is Cc1cc(F)cc2cc(C)n(CC(=O)O)c12. The molecule has 0 unspecified atom stereocenters. The average Bonchev–Trinajstić information content (AvgIpc) is 2.41. The van der Waals surface area contributed by atoms with Gasteiger partial charge in [0.1, 0.15) is 12.4 Å². The Balaban J connectivity index is 2.73. The van der Waals surface area contributed by atoms with Crippen LogP contribution in [-0.4, -0.2) is 15.6 Å². The molecule has 0 aliphatic rings. The Morgan fingerprint density at radius 3 is 2.69 bits per heavy atom. The lowest BCUT2D eigenvalue weighted by atomic mass is 10.1. The molecular weight excluding hydrogens is 209 g/mol. The lowest BCUT2D eigenvalue weighted by molar-refractivity contribution is -0.137. The second-order valence-corrected chi connectivity index (χ2v) is 3.93. The van der Waals surface area contributed by atoms with Gasteiger partial charge in [0, 0.05) is 11.1 Å². The van der Waals surface area contributed by atoms with Gasteiger partial charge in [0.05, 0.1) is 5.52 Å². The minimum atomic E-state index is -0.899.